The molecule has 1 aliphatic rings. The van der Waals surface area contributed by atoms with Crippen LogP contribution in [0, 0.1) is 5.92 Å². The molecule has 1 rings (SSSR count). The van der Waals surface area contributed by atoms with Gasteiger partial charge in [0.1, 0.15) is 0 Å². The molecule has 2 atom stereocenters. The van der Waals surface area contributed by atoms with Crippen LogP contribution in [-0.4, -0.2) is 32.1 Å². The highest BCUT2D eigenvalue weighted by Gasteiger charge is 2.26. The maximum atomic E-state index is 11.4. The first-order valence-corrected chi connectivity index (χ1v) is 7.25. The van der Waals surface area contributed by atoms with E-state index in [0.717, 1.165) is 32.3 Å². The molecule has 1 heterocycles. The molecule has 0 radical (unpaired) electrons. The predicted molar refractivity (Wildman–Crippen MR) is 73.7 cm³/mol. The fraction of sp³-hybridized carbons (Fsp3) is 0.800. The Morgan fingerprint density at radius 2 is 2.21 bits per heavy atom. The number of rotatable bonds is 9. The van der Waals surface area contributed by atoms with Crippen molar-refractivity contribution in [3.63, 3.8) is 0 Å². The third kappa shape index (κ3) is 6.21. The van der Waals surface area contributed by atoms with Crippen LogP contribution < -0.4 is 0 Å². The summed E-state index contributed by atoms with van der Waals surface area (Å²) in [6, 6.07) is 0. The molecule has 4 nitrogen and oxygen atoms in total. The van der Waals surface area contributed by atoms with Gasteiger partial charge in [0, 0.05) is 18.6 Å². The fourth-order valence-corrected chi connectivity index (χ4v) is 2.04. The standard InChI is InChI=1S/C15H26O4/c1-4-6-9-18-14-10-13(11-19-14)8-7-12(3)15(16)17-5-2/h13-14H,3-11H2,1-2H3/t13-,14+/m1/s1. The summed E-state index contributed by atoms with van der Waals surface area (Å²) >= 11 is 0. The van der Waals surface area contributed by atoms with Gasteiger partial charge in [-0.3, -0.25) is 0 Å². The molecule has 0 aromatic rings. The van der Waals surface area contributed by atoms with E-state index in [1.165, 1.54) is 0 Å². The fourth-order valence-electron chi connectivity index (χ4n) is 2.04. The molecular weight excluding hydrogens is 244 g/mol. The van der Waals surface area contributed by atoms with Crippen molar-refractivity contribution in [1.82, 2.24) is 0 Å². The monoisotopic (exact) mass is 270 g/mol. The maximum Gasteiger partial charge on any atom is 0.333 e. The van der Waals surface area contributed by atoms with Gasteiger partial charge in [0.2, 0.25) is 0 Å². The minimum absolute atomic E-state index is 0.0626. The zero-order valence-electron chi connectivity index (χ0n) is 12.2. The summed E-state index contributed by atoms with van der Waals surface area (Å²) in [5.41, 5.74) is 0.553. The Hall–Kier alpha value is -0.870. The Morgan fingerprint density at radius 3 is 2.89 bits per heavy atom. The van der Waals surface area contributed by atoms with Gasteiger partial charge in [-0.1, -0.05) is 19.9 Å². The first kappa shape index (κ1) is 16.2. The molecular formula is C15H26O4. The summed E-state index contributed by atoms with van der Waals surface area (Å²) in [6.07, 6.45) is 4.65. The van der Waals surface area contributed by atoms with Gasteiger partial charge >= 0.3 is 5.97 Å². The molecule has 0 aliphatic carbocycles. The number of esters is 1. The van der Waals surface area contributed by atoms with Crippen LogP contribution in [-0.2, 0) is 19.0 Å². The van der Waals surface area contributed by atoms with Crippen molar-refractivity contribution in [3.8, 4) is 0 Å². The van der Waals surface area contributed by atoms with Crippen molar-refractivity contribution in [2.75, 3.05) is 19.8 Å². The Morgan fingerprint density at radius 1 is 1.42 bits per heavy atom. The zero-order chi connectivity index (χ0) is 14.1. The number of hydrogen-bond donors (Lipinski definition) is 0. The first-order valence-electron chi connectivity index (χ1n) is 7.25. The Balaban J connectivity index is 2.14. The third-order valence-corrected chi connectivity index (χ3v) is 3.26. The Labute approximate surface area is 116 Å². The van der Waals surface area contributed by atoms with Crippen molar-refractivity contribution < 1.29 is 19.0 Å². The highest BCUT2D eigenvalue weighted by molar-refractivity contribution is 5.87. The summed E-state index contributed by atoms with van der Waals surface area (Å²) in [6.45, 7) is 9.59. The normalized spacial score (nSPS) is 22.4. The average molecular weight is 270 g/mol. The van der Waals surface area contributed by atoms with E-state index >= 15 is 0 Å². The molecule has 0 bridgehead atoms. The largest absolute Gasteiger partial charge is 0.463 e. The Kier molecular flexibility index (Phi) is 7.75. The van der Waals surface area contributed by atoms with Gasteiger partial charge in [-0.25, -0.2) is 4.79 Å². The number of hydrogen-bond acceptors (Lipinski definition) is 4. The van der Waals surface area contributed by atoms with E-state index in [1.807, 2.05) is 0 Å². The van der Waals surface area contributed by atoms with Gasteiger partial charge in [-0.05, 0) is 32.1 Å². The highest BCUT2D eigenvalue weighted by Crippen LogP contribution is 2.26. The van der Waals surface area contributed by atoms with E-state index in [9.17, 15) is 4.79 Å². The van der Waals surface area contributed by atoms with Crippen LogP contribution in [0.3, 0.4) is 0 Å². The Bertz CT molecular complexity index is 288. The number of unbranched alkanes of at least 4 members (excludes halogenated alkanes) is 1. The van der Waals surface area contributed by atoms with Gasteiger partial charge in [0.15, 0.2) is 6.29 Å². The molecule has 0 aromatic heterocycles. The van der Waals surface area contributed by atoms with Crippen LogP contribution in [0.5, 0.6) is 0 Å². The lowest BCUT2D eigenvalue weighted by molar-refractivity contribution is -0.138. The van der Waals surface area contributed by atoms with E-state index < -0.39 is 0 Å². The van der Waals surface area contributed by atoms with E-state index in [0.29, 0.717) is 31.1 Å². The van der Waals surface area contributed by atoms with Crippen molar-refractivity contribution >= 4 is 5.97 Å². The van der Waals surface area contributed by atoms with E-state index in [1.54, 1.807) is 6.92 Å². The SMILES string of the molecule is C=C(CC[C@H]1CO[C@H](OCCCC)C1)C(=O)OCC. The van der Waals surface area contributed by atoms with Crippen LogP contribution in [0.4, 0.5) is 0 Å². The molecule has 1 aliphatic heterocycles. The molecule has 0 amide bonds. The number of ether oxygens (including phenoxy) is 3. The average Bonchev–Trinajstić information content (AvgIpc) is 2.84. The molecule has 1 saturated heterocycles. The molecule has 0 spiro atoms. The van der Waals surface area contributed by atoms with Gasteiger partial charge in [0.05, 0.1) is 13.2 Å². The van der Waals surface area contributed by atoms with Crippen LogP contribution in [0.2, 0.25) is 0 Å². The second-order valence-electron chi connectivity index (χ2n) is 4.95. The minimum atomic E-state index is -0.280. The summed E-state index contributed by atoms with van der Waals surface area (Å²) < 4.78 is 16.1. The lowest BCUT2D eigenvalue weighted by Gasteiger charge is -2.11. The van der Waals surface area contributed by atoms with Crippen molar-refractivity contribution in [2.45, 2.75) is 52.2 Å². The van der Waals surface area contributed by atoms with Gasteiger partial charge in [-0.2, -0.15) is 0 Å². The second-order valence-corrected chi connectivity index (χ2v) is 4.95. The second kappa shape index (κ2) is 9.10. The lowest BCUT2D eigenvalue weighted by Crippen LogP contribution is -2.12. The summed E-state index contributed by atoms with van der Waals surface area (Å²) in [5.74, 6) is 0.176. The van der Waals surface area contributed by atoms with Crippen molar-refractivity contribution in [3.05, 3.63) is 12.2 Å². The lowest BCUT2D eigenvalue weighted by atomic mass is 9.99. The van der Waals surface area contributed by atoms with Crippen molar-refractivity contribution in [1.29, 1.82) is 0 Å². The molecule has 0 N–H and O–H groups in total. The summed E-state index contributed by atoms with van der Waals surface area (Å²) in [4.78, 5) is 11.4. The summed E-state index contributed by atoms with van der Waals surface area (Å²) in [7, 11) is 0. The molecule has 1 fully saturated rings. The van der Waals surface area contributed by atoms with Crippen LogP contribution in [0.15, 0.2) is 12.2 Å². The van der Waals surface area contributed by atoms with Gasteiger partial charge in [0.25, 0.3) is 0 Å². The van der Waals surface area contributed by atoms with E-state index in [-0.39, 0.29) is 12.3 Å². The quantitative estimate of drug-likeness (QED) is 0.367. The molecule has 0 aromatic carbocycles. The topological polar surface area (TPSA) is 44.8 Å². The third-order valence-electron chi connectivity index (χ3n) is 3.26. The number of carbonyl (C=O) groups excluding carboxylic acids is 1. The maximum absolute atomic E-state index is 11.4. The van der Waals surface area contributed by atoms with Gasteiger partial charge < -0.3 is 14.2 Å². The highest BCUT2D eigenvalue weighted by atomic mass is 16.7. The molecule has 4 heteroatoms. The van der Waals surface area contributed by atoms with Crippen molar-refractivity contribution in [2.24, 2.45) is 5.92 Å². The minimum Gasteiger partial charge on any atom is -0.463 e. The van der Waals surface area contributed by atoms with E-state index in [2.05, 4.69) is 13.5 Å². The van der Waals surface area contributed by atoms with Gasteiger partial charge in [-0.15, -0.1) is 0 Å². The molecule has 0 saturated carbocycles. The van der Waals surface area contributed by atoms with Crippen LogP contribution in [0.1, 0.15) is 46.0 Å². The zero-order valence-corrected chi connectivity index (χ0v) is 12.2. The molecule has 0 unspecified atom stereocenters. The number of carbonyl (C=O) groups is 1. The molecule has 110 valence electrons. The summed E-state index contributed by atoms with van der Waals surface area (Å²) in [5, 5.41) is 0. The smallest absolute Gasteiger partial charge is 0.333 e. The van der Waals surface area contributed by atoms with E-state index in [4.69, 9.17) is 14.2 Å². The van der Waals surface area contributed by atoms with Crippen LogP contribution >= 0.6 is 0 Å². The molecule has 19 heavy (non-hydrogen) atoms. The first-order chi connectivity index (χ1) is 9.17. The predicted octanol–water partition coefficient (Wildman–Crippen LogP) is 3.07. The van der Waals surface area contributed by atoms with Crippen LogP contribution in [0.25, 0.3) is 0 Å².